The fourth-order valence-electron chi connectivity index (χ4n) is 2.06. The van der Waals surface area contributed by atoms with Gasteiger partial charge in [-0.05, 0) is 26.7 Å². The van der Waals surface area contributed by atoms with Crippen LogP contribution in [-0.2, 0) is 4.74 Å². The van der Waals surface area contributed by atoms with Crippen LogP contribution in [0.1, 0.15) is 46.0 Å². The van der Waals surface area contributed by atoms with Crippen molar-refractivity contribution in [1.29, 1.82) is 0 Å². The molecule has 0 radical (unpaired) electrons. The van der Waals surface area contributed by atoms with Gasteiger partial charge < -0.3 is 4.74 Å². The van der Waals surface area contributed by atoms with Gasteiger partial charge in [0.05, 0.1) is 18.1 Å². The fourth-order valence-corrected chi connectivity index (χ4v) is 2.06. The molecule has 1 fully saturated rings. The third-order valence-corrected chi connectivity index (χ3v) is 3.10. The van der Waals surface area contributed by atoms with Crippen molar-refractivity contribution >= 4 is 0 Å². The summed E-state index contributed by atoms with van der Waals surface area (Å²) in [5.41, 5.74) is -1.57. The summed E-state index contributed by atoms with van der Waals surface area (Å²) in [6.07, 6.45) is -1.55. The number of hydrogen-bond acceptors (Lipinski definition) is 1. The molecule has 0 unspecified atom stereocenters. The van der Waals surface area contributed by atoms with Crippen LogP contribution in [0.4, 0.5) is 13.2 Å². The topological polar surface area (TPSA) is 9.23 Å². The third kappa shape index (κ3) is 3.10. The molecule has 1 saturated carbocycles. The second-order valence-corrected chi connectivity index (χ2v) is 4.70. The molecule has 1 aliphatic rings. The average Bonchev–Trinajstić information content (AvgIpc) is 2.14. The van der Waals surface area contributed by atoms with E-state index in [0.717, 1.165) is 6.42 Å². The normalized spacial score (nSPS) is 22.0. The van der Waals surface area contributed by atoms with E-state index in [9.17, 15) is 13.2 Å². The van der Waals surface area contributed by atoms with E-state index >= 15 is 0 Å². The zero-order valence-electron chi connectivity index (χ0n) is 9.36. The Morgan fingerprint density at radius 3 is 2.07 bits per heavy atom. The Morgan fingerprint density at radius 2 is 1.67 bits per heavy atom. The number of hydrogen-bond donors (Lipinski definition) is 0. The Balaban J connectivity index is 2.67. The average molecular weight is 224 g/mol. The maximum Gasteiger partial charge on any atom is 0.396 e. The van der Waals surface area contributed by atoms with Crippen LogP contribution in [0.2, 0.25) is 0 Å². The molecule has 1 aliphatic carbocycles. The first kappa shape index (κ1) is 12.8. The smallest absolute Gasteiger partial charge is 0.378 e. The highest BCUT2D eigenvalue weighted by molar-refractivity contribution is 4.89. The van der Waals surface area contributed by atoms with Gasteiger partial charge in [-0.3, -0.25) is 0 Å². The van der Waals surface area contributed by atoms with E-state index in [1.54, 1.807) is 13.8 Å². The molecule has 0 atom stereocenters. The number of rotatable bonds is 3. The van der Waals surface area contributed by atoms with Crippen molar-refractivity contribution < 1.29 is 17.9 Å². The SMILES string of the molecule is CC(C)OCC1(C(F)(F)F)CCCCC1. The molecule has 0 saturated heterocycles. The van der Waals surface area contributed by atoms with Crippen molar-refractivity contribution in [3.05, 3.63) is 0 Å². The summed E-state index contributed by atoms with van der Waals surface area (Å²) in [4.78, 5) is 0. The van der Waals surface area contributed by atoms with E-state index in [1.807, 2.05) is 0 Å². The molecule has 0 N–H and O–H groups in total. The van der Waals surface area contributed by atoms with E-state index in [1.165, 1.54) is 0 Å². The van der Waals surface area contributed by atoms with Gasteiger partial charge in [-0.15, -0.1) is 0 Å². The lowest BCUT2D eigenvalue weighted by molar-refractivity contribution is -0.253. The van der Waals surface area contributed by atoms with Crippen LogP contribution in [0.25, 0.3) is 0 Å². The van der Waals surface area contributed by atoms with Crippen LogP contribution in [0.15, 0.2) is 0 Å². The molecule has 4 heteroatoms. The molecule has 0 aromatic rings. The van der Waals surface area contributed by atoms with Crippen LogP contribution in [-0.4, -0.2) is 18.9 Å². The minimum atomic E-state index is -4.12. The molecule has 0 aromatic heterocycles. The second-order valence-electron chi connectivity index (χ2n) is 4.70. The predicted octanol–water partition coefficient (Wildman–Crippen LogP) is 3.92. The molecule has 1 rings (SSSR count). The van der Waals surface area contributed by atoms with Gasteiger partial charge >= 0.3 is 6.18 Å². The lowest BCUT2D eigenvalue weighted by Gasteiger charge is -2.39. The Bertz CT molecular complexity index is 192. The quantitative estimate of drug-likeness (QED) is 0.706. The van der Waals surface area contributed by atoms with Crippen molar-refractivity contribution in [2.45, 2.75) is 58.2 Å². The van der Waals surface area contributed by atoms with Gasteiger partial charge in [0, 0.05) is 0 Å². The summed E-state index contributed by atoms with van der Waals surface area (Å²) in [7, 11) is 0. The first-order valence-electron chi connectivity index (χ1n) is 5.56. The third-order valence-electron chi connectivity index (χ3n) is 3.10. The van der Waals surface area contributed by atoms with Crippen LogP contribution in [0, 0.1) is 5.41 Å². The van der Waals surface area contributed by atoms with E-state index in [0.29, 0.717) is 12.8 Å². The molecule has 0 aliphatic heterocycles. The van der Waals surface area contributed by atoms with Crippen molar-refractivity contribution in [3.8, 4) is 0 Å². The molecule has 15 heavy (non-hydrogen) atoms. The Hall–Kier alpha value is -0.250. The maximum absolute atomic E-state index is 13.0. The van der Waals surface area contributed by atoms with E-state index < -0.39 is 11.6 Å². The fraction of sp³-hybridized carbons (Fsp3) is 1.00. The molecule has 1 nitrogen and oxygen atoms in total. The maximum atomic E-state index is 13.0. The lowest BCUT2D eigenvalue weighted by Crippen LogP contribution is -2.44. The molecular weight excluding hydrogens is 205 g/mol. The van der Waals surface area contributed by atoms with E-state index in [2.05, 4.69) is 0 Å². The first-order valence-corrected chi connectivity index (χ1v) is 5.56. The van der Waals surface area contributed by atoms with Crippen molar-refractivity contribution in [2.24, 2.45) is 5.41 Å². The van der Waals surface area contributed by atoms with Gasteiger partial charge in [-0.25, -0.2) is 0 Å². The minimum Gasteiger partial charge on any atom is -0.378 e. The predicted molar refractivity (Wildman–Crippen MR) is 52.7 cm³/mol. The Morgan fingerprint density at radius 1 is 1.13 bits per heavy atom. The van der Waals surface area contributed by atoms with Crippen LogP contribution < -0.4 is 0 Å². The van der Waals surface area contributed by atoms with Gasteiger partial charge in [0.2, 0.25) is 0 Å². The molecular formula is C11H19F3O. The molecule has 0 spiro atoms. The zero-order valence-corrected chi connectivity index (χ0v) is 9.36. The van der Waals surface area contributed by atoms with Gasteiger partial charge in [-0.2, -0.15) is 13.2 Å². The number of alkyl halides is 3. The van der Waals surface area contributed by atoms with Gasteiger partial charge in [-0.1, -0.05) is 19.3 Å². The zero-order chi connectivity index (χ0) is 11.5. The molecule has 0 bridgehead atoms. The van der Waals surface area contributed by atoms with Gasteiger partial charge in [0.25, 0.3) is 0 Å². The molecule has 0 amide bonds. The monoisotopic (exact) mass is 224 g/mol. The standard InChI is InChI=1S/C11H19F3O/c1-9(2)15-8-10(11(12,13)14)6-4-3-5-7-10/h9H,3-8H2,1-2H3. The Labute approximate surface area is 89.0 Å². The van der Waals surface area contributed by atoms with E-state index in [-0.39, 0.29) is 25.6 Å². The number of halogens is 3. The lowest BCUT2D eigenvalue weighted by atomic mass is 9.74. The largest absolute Gasteiger partial charge is 0.396 e. The summed E-state index contributed by atoms with van der Waals surface area (Å²) >= 11 is 0. The van der Waals surface area contributed by atoms with E-state index in [4.69, 9.17) is 4.74 Å². The van der Waals surface area contributed by atoms with Crippen molar-refractivity contribution in [3.63, 3.8) is 0 Å². The Kier molecular flexibility index (Phi) is 4.04. The molecule has 90 valence electrons. The minimum absolute atomic E-state index is 0.133. The summed E-state index contributed by atoms with van der Waals surface area (Å²) in [5, 5.41) is 0. The highest BCUT2D eigenvalue weighted by atomic mass is 19.4. The van der Waals surface area contributed by atoms with Crippen molar-refractivity contribution in [1.82, 2.24) is 0 Å². The molecule has 0 aromatic carbocycles. The highest BCUT2D eigenvalue weighted by Gasteiger charge is 2.54. The summed E-state index contributed by atoms with van der Waals surface area (Å²) in [6, 6.07) is 0. The highest BCUT2D eigenvalue weighted by Crippen LogP contribution is 2.49. The summed E-state index contributed by atoms with van der Waals surface area (Å²) in [6.45, 7) is 3.37. The summed E-state index contributed by atoms with van der Waals surface area (Å²) < 4.78 is 44.1. The molecule has 0 heterocycles. The first-order chi connectivity index (χ1) is 6.87. The van der Waals surface area contributed by atoms with Crippen molar-refractivity contribution in [2.75, 3.05) is 6.61 Å². The number of ether oxygens (including phenoxy) is 1. The summed E-state index contributed by atoms with van der Waals surface area (Å²) in [5.74, 6) is 0. The van der Waals surface area contributed by atoms with Crippen LogP contribution in [0.5, 0.6) is 0 Å². The van der Waals surface area contributed by atoms with Gasteiger partial charge in [0.1, 0.15) is 0 Å². The van der Waals surface area contributed by atoms with Gasteiger partial charge in [0.15, 0.2) is 0 Å². The van der Waals surface area contributed by atoms with Crippen LogP contribution >= 0.6 is 0 Å². The van der Waals surface area contributed by atoms with Crippen LogP contribution in [0.3, 0.4) is 0 Å². The second kappa shape index (κ2) is 4.73.